The van der Waals surface area contributed by atoms with Gasteiger partial charge in [0.25, 0.3) is 0 Å². The van der Waals surface area contributed by atoms with Gasteiger partial charge in [-0.25, -0.2) is 4.79 Å². The van der Waals surface area contributed by atoms with Crippen LogP contribution in [-0.4, -0.2) is 41.3 Å². The molecule has 1 fully saturated rings. The zero-order valence-electron chi connectivity index (χ0n) is 13.1. The van der Waals surface area contributed by atoms with Crippen LogP contribution in [0, 0.1) is 6.92 Å². The molecule has 0 saturated carbocycles. The number of nitrogens with one attached hydrogen (secondary N) is 1. The first-order chi connectivity index (χ1) is 9.82. The summed E-state index contributed by atoms with van der Waals surface area (Å²) in [5.74, 6) is 0.765. The fourth-order valence-corrected chi connectivity index (χ4v) is 2.83. The lowest BCUT2D eigenvalue weighted by molar-refractivity contribution is 0.0117. The van der Waals surface area contributed by atoms with Crippen LogP contribution < -0.4 is 10.1 Å². The van der Waals surface area contributed by atoms with Crippen molar-refractivity contribution in [3.05, 3.63) is 23.8 Å². The van der Waals surface area contributed by atoms with Crippen molar-refractivity contribution in [1.82, 2.24) is 4.90 Å². The van der Waals surface area contributed by atoms with Gasteiger partial charge in [0.15, 0.2) is 0 Å². The van der Waals surface area contributed by atoms with E-state index in [1.54, 1.807) is 25.9 Å². The molecule has 116 valence electrons. The lowest BCUT2D eigenvalue weighted by atomic mass is 9.97. The van der Waals surface area contributed by atoms with Crippen LogP contribution in [0.5, 0.6) is 5.75 Å². The molecule has 0 bridgehead atoms. The Balaban J connectivity index is 2.11. The van der Waals surface area contributed by atoms with E-state index in [1.807, 2.05) is 25.1 Å². The number of nitrogens with zero attached hydrogens (tertiary/aromatic N) is 1. The minimum atomic E-state index is -0.886. The summed E-state index contributed by atoms with van der Waals surface area (Å²) in [6.07, 6.45) is 1.75. The fourth-order valence-electron chi connectivity index (χ4n) is 2.83. The van der Waals surface area contributed by atoms with Crippen LogP contribution in [-0.2, 0) is 0 Å². The third-order valence-electron chi connectivity index (χ3n) is 4.00. The number of methoxy groups -OCH3 is 1. The number of amides is 2. The molecule has 1 atom stereocenters. The molecule has 2 N–H and O–H groups in total. The van der Waals surface area contributed by atoms with Gasteiger partial charge < -0.3 is 20.1 Å². The summed E-state index contributed by atoms with van der Waals surface area (Å²) >= 11 is 0. The number of benzene rings is 1. The van der Waals surface area contributed by atoms with Crippen LogP contribution in [0.25, 0.3) is 0 Å². The highest BCUT2D eigenvalue weighted by Crippen LogP contribution is 2.28. The number of aliphatic hydroxyl groups is 1. The molecule has 1 saturated heterocycles. The van der Waals surface area contributed by atoms with E-state index in [4.69, 9.17) is 4.74 Å². The molecule has 1 aliphatic rings. The summed E-state index contributed by atoms with van der Waals surface area (Å²) < 4.78 is 5.16. The van der Waals surface area contributed by atoms with Gasteiger partial charge in [0.05, 0.1) is 18.8 Å². The predicted octanol–water partition coefficient (Wildman–Crippen LogP) is 2.77. The van der Waals surface area contributed by atoms with Crippen molar-refractivity contribution in [2.75, 3.05) is 19.0 Å². The molecular weight excluding hydrogens is 268 g/mol. The molecule has 5 nitrogen and oxygen atoms in total. The third kappa shape index (κ3) is 3.47. The number of urea groups is 1. The van der Waals surface area contributed by atoms with Crippen molar-refractivity contribution in [2.24, 2.45) is 0 Å². The quantitative estimate of drug-likeness (QED) is 0.900. The topological polar surface area (TPSA) is 61.8 Å². The number of aryl methyl sites for hydroxylation is 1. The van der Waals surface area contributed by atoms with E-state index in [2.05, 4.69) is 5.32 Å². The van der Waals surface area contributed by atoms with E-state index >= 15 is 0 Å². The van der Waals surface area contributed by atoms with Crippen molar-refractivity contribution in [3.63, 3.8) is 0 Å². The van der Waals surface area contributed by atoms with E-state index in [9.17, 15) is 9.90 Å². The third-order valence-corrected chi connectivity index (χ3v) is 4.00. The van der Waals surface area contributed by atoms with Crippen molar-refractivity contribution < 1.29 is 14.6 Å². The number of anilines is 1. The van der Waals surface area contributed by atoms with E-state index in [0.29, 0.717) is 6.54 Å². The molecule has 21 heavy (non-hydrogen) atoms. The molecule has 2 rings (SSSR count). The van der Waals surface area contributed by atoms with Gasteiger partial charge in [-0.2, -0.15) is 0 Å². The average Bonchev–Trinajstić information content (AvgIpc) is 2.90. The number of likely N-dealkylation sites (tertiary alicyclic amines) is 1. The van der Waals surface area contributed by atoms with E-state index in [0.717, 1.165) is 29.8 Å². The zero-order valence-corrected chi connectivity index (χ0v) is 13.1. The van der Waals surface area contributed by atoms with Crippen LogP contribution >= 0.6 is 0 Å². The largest absolute Gasteiger partial charge is 0.497 e. The number of carbonyl (C=O) groups excluding carboxylic acids is 1. The number of carbonyl (C=O) groups is 1. The normalized spacial score (nSPS) is 18.7. The van der Waals surface area contributed by atoms with Gasteiger partial charge in [0, 0.05) is 12.2 Å². The highest BCUT2D eigenvalue weighted by molar-refractivity contribution is 5.90. The maximum absolute atomic E-state index is 12.5. The Morgan fingerprint density at radius 2 is 2.19 bits per heavy atom. The second kappa shape index (κ2) is 5.93. The second-order valence-electron chi connectivity index (χ2n) is 6.12. The van der Waals surface area contributed by atoms with Gasteiger partial charge in [-0.05, 0) is 57.4 Å². The SMILES string of the molecule is COc1ccc(NC(=O)N2CCCC2C(C)(C)O)c(C)c1. The van der Waals surface area contributed by atoms with Crippen molar-refractivity contribution >= 4 is 11.7 Å². The summed E-state index contributed by atoms with van der Waals surface area (Å²) in [7, 11) is 1.62. The number of hydrogen-bond acceptors (Lipinski definition) is 3. The maximum Gasteiger partial charge on any atom is 0.322 e. The molecule has 1 heterocycles. The molecule has 1 aromatic rings. The standard InChI is InChI=1S/C16H24N2O3/c1-11-10-12(21-4)7-8-13(11)17-15(19)18-9-5-6-14(18)16(2,3)20/h7-8,10,14,20H,5-6,9H2,1-4H3,(H,17,19). The predicted molar refractivity (Wildman–Crippen MR) is 82.8 cm³/mol. The second-order valence-corrected chi connectivity index (χ2v) is 6.12. The molecule has 0 aromatic heterocycles. The first kappa shape index (κ1) is 15.6. The smallest absolute Gasteiger partial charge is 0.322 e. The minimum Gasteiger partial charge on any atom is -0.497 e. The summed E-state index contributed by atoms with van der Waals surface area (Å²) in [5.41, 5.74) is 0.826. The van der Waals surface area contributed by atoms with Crippen LogP contribution in [0.3, 0.4) is 0 Å². The van der Waals surface area contributed by atoms with Crippen LogP contribution in [0.15, 0.2) is 18.2 Å². The van der Waals surface area contributed by atoms with Crippen molar-refractivity contribution in [3.8, 4) is 5.75 Å². The van der Waals surface area contributed by atoms with Crippen molar-refractivity contribution in [1.29, 1.82) is 0 Å². The first-order valence-electron chi connectivity index (χ1n) is 7.27. The Morgan fingerprint density at radius 1 is 1.48 bits per heavy atom. The Morgan fingerprint density at radius 3 is 2.76 bits per heavy atom. The molecule has 1 unspecified atom stereocenters. The molecule has 0 radical (unpaired) electrons. The van der Waals surface area contributed by atoms with Crippen LogP contribution in [0.1, 0.15) is 32.3 Å². The molecule has 5 heteroatoms. The van der Waals surface area contributed by atoms with Crippen LogP contribution in [0.2, 0.25) is 0 Å². The minimum absolute atomic E-state index is 0.143. The summed E-state index contributed by atoms with van der Waals surface area (Å²) in [5, 5.41) is 13.1. The average molecular weight is 292 g/mol. The monoisotopic (exact) mass is 292 g/mol. The van der Waals surface area contributed by atoms with Crippen LogP contribution in [0.4, 0.5) is 10.5 Å². The summed E-state index contributed by atoms with van der Waals surface area (Å²) in [4.78, 5) is 14.2. The first-order valence-corrected chi connectivity index (χ1v) is 7.27. The molecular formula is C16H24N2O3. The highest BCUT2D eigenvalue weighted by atomic mass is 16.5. The molecule has 1 aromatic carbocycles. The van der Waals surface area contributed by atoms with Gasteiger partial charge in [-0.3, -0.25) is 0 Å². The van der Waals surface area contributed by atoms with Gasteiger partial charge in [0.2, 0.25) is 0 Å². The summed E-state index contributed by atoms with van der Waals surface area (Å²) in [6, 6.07) is 5.23. The Kier molecular flexibility index (Phi) is 4.42. The number of hydrogen-bond donors (Lipinski definition) is 2. The van der Waals surface area contributed by atoms with E-state index in [-0.39, 0.29) is 12.1 Å². The zero-order chi connectivity index (χ0) is 15.6. The van der Waals surface area contributed by atoms with Gasteiger partial charge in [-0.15, -0.1) is 0 Å². The Labute approximate surface area is 125 Å². The molecule has 0 spiro atoms. The number of rotatable bonds is 3. The maximum atomic E-state index is 12.5. The lowest BCUT2D eigenvalue weighted by Gasteiger charge is -2.33. The van der Waals surface area contributed by atoms with Gasteiger partial charge in [0.1, 0.15) is 5.75 Å². The number of ether oxygens (including phenoxy) is 1. The fraction of sp³-hybridized carbons (Fsp3) is 0.562. The van der Waals surface area contributed by atoms with E-state index < -0.39 is 5.60 Å². The van der Waals surface area contributed by atoms with E-state index in [1.165, 1.54) is 0 Å². The summed E-state index contributed by atoms with van der Waals surface area (Å²) in [6.45, 7) is 6.11. The lowest BCUT2D eigenvalue weighted by Crippen LogP contribution is -2.49. The molecule has 0 aliphatic carbocycles. The van der Waals surface area contributed by atoms with Gasteiger partial charge in [-0.1, -0.05) is 0 Å². The highest BCUT2D eigenvalue weighted by Gasteiger charge is 2.38. The Bertz CT molecular complexity index is 523. The molecule has 2 amide bonds. The molecule has 1 aliphatic heterocycles. The van der Waals surface area contributed by atoms with Gasteiger partial charge >= 0.3 is 6.03 Å². The Hall–Kier alpha value is -1.75. The van der Waals surface area contributed by atoms with Crippen molar-refractivity contribution in [2.45, 2.75) is 45.3 Å².